The van der Waals surface area contributed by atoms with Crippen molar-refractivity contribution in [2.45, 2.75) is 44.8 Å². The molecule has 6 N–H and O–H groups in total. The third kappa shape index (κ3) is 8.35. The molecule has 40 heavy (non-hydrogen) atoms. The number of aromatic nitrogens is 4. The van der Waals surface area contributed by atoms with Crippen LogP contribution < -0.4 is 5.32 Å². The molecule has 5 atom stereocenters. The van der Waals surface area contributed by atoms with E-state index in [2.05, 4.69) is 20.4 Å². The Morgan fingerprint density at radius 1 is 1.20 bits per heavy atom. The maximum Gasteiger partial charge on any atom is 0.340 e. The largest absolute Gasteiger partial charge is 0.385 e. The number of benzene rings is 1. The minimum absolute atomic E-state index is 0.0880. The van der Waals surface area contributed by atoms with Gasteiger partial charge in [-0.15, -0.1) is 0 Å². The minimum atomic E-state index is -4.90. The maximum atomic E-state index is 15.4. The van der Waals surface area contributed by atoms with Crippen LogP contribution in [0.2, 0.25) is 5.28 Å². The van der Waals surface area contributed by atoms with E-state index >= 15 is 4.39 Å². The van der Waals surface area contributed by atoms with Gasteiger partial charge >= 0.3 is 15.2 Å². The van der Waals surface area contributed by atoms with Crippen LogP contribution >= 0.6 is 26.8 Å². The summed E-state index contributed by atoms with van der Waals surface area (Å²) in [6.45, 7) is 2.54. The van der Waals surface area contributed by atoms with Gasteiger partial charge in [-0.25, -0.2) is 13.5 Å². The zero-order chi connectivity index (χ0) is 29.8. The Balaban J connectivity index is 1.83. The first kappa shape index (κ1) is 32.2. The number of anilines is 1. The second-order valence-corrected chi connectivity index (χ2v) is 13.1. The zero-order valence-electron chi connectivity index (χ0n) is 21.2. The van der Waals surface area contributed by atoms with Gasteiger partial charge in [-0.3, -0.25) is 9.13 Å². The van der Waals surface area contributed by atoms with E-state index < -0.39 is 52.0 Å². The number of hydrogen-bond acceptors (Lipinski definition) is 9. The second-order valence-electron chi connectivity index (χ2n) is 8.79. The number of fused-ring (bicyclic) bond motifs is 1. The number of alkyl halides is 1. The Kier molecular flexibility index (Phi) is 10.6. The van der Waals surface area contributed by atoms with Crippen LogP contribution in [0.15, 0.2) is 42.1 Å². The lowest BCUT2D eigenvalue weighted by Crippen LogP contribution is -2.35. The average molecular weight is 626 g/mol. The van der Waals surface area contributed by atoms with Crippen LogP contribution in [-0.4, -0.2) is 69.4 Å². The fourth-order valence-corrected chi connectivity index (χ4v) is 6.43. The van der Waals surface area contributed by atoms with Crippen molar-refractivity contribution in [3.63, 3.8) is 0 Å². The summed E-state index contributed by atoms with van der Waals surface area (Å²) < 4.78 is 57.1. The van der Waals surface area contributed by atoms with E-state index in [0.717, 1.165) is 4.68 Å². The fourth-order valence-electron chi connectivity index (χ4n) is 3.72. The number of allylic oxidation sites excluding steroid dienone is 1. The summed E-state index contributed by atoms with van der Waals surface area (Å²) in [6.07, 6.45) is -3.92. The van der Waals surface area contributed by atoms with Crippen molar-refractivity contribution in [1.82, 2.24) is 19.7 Å². The minimum Gasteiger partial charge on any atom is -0.385 e. The fraction of sp³-hybridized carbons (Fsp3) is 0.409. The highest BCUT2D eigenvalue weighted by Crippen LogP contribution is 2.55. The van der Waals surface area contributed by atoms with E-state index in [1.807, 2.05) is 0 Å². The van der Waals surface area contributed by atoms with Gasteiger partial charge in [0.25, 0.3) is 0 Å². The number of nitrogens with one attached hydrogen (secondary N) is 1. The normalized spacial score (nSPS) is 17.3. The molecule has 0 spiro atoms. The predicted octanol–water partition coefficient (Wildman–Crippen LogP) is 3.66. The molecule has 2 aromatic heterocycles. The molecule has 0 aliphatic rings. The molecular formula is C22H28ClF2N5O8P2. The quantitative estimate of drug-likeness (QED) is 0.0916. The van der Waals surface area contributed by atoms with Crippen LogP contribution in [0.3, 0.4) is 0 Å². The number of hydrogen-bond donors (Lipinski definition) is 6. The first-order valence-electron chi connectivity index (χ1n) is 11.7. The molecule has 1 unspecified atom stereocenters. The van der Waals surface area contributed by atoms with E-state index in [9.17, 15) is 28.6 Å². The summed E-state index contributed by atoms with van der Waals surface area (Å²) in [6, 6.07) is 5.35. The molecule has 2 heterocycles. The molecule has 1 aromatic carbocycles. The van der Waals surface area contributed by atoms with Gasteiger partial charge in [0.05, 0.1) is 18.2 Å². The number of aliphatic hydroxyl groups is 2. The zero-order valence-corrected chi connectivity index (χ0v) is 23.7. The van der Waals surface area contributed by atoms with Gasteiger partial charge in [0, 0.05) is 6.04 Å². The lowest BCUT2D eigenvalue weighted by molar-refractivity contribution is -0.0413. The lowest BCUT2D eigenvalue weighted by atomic mass is 10.0. The van der Waals surface area contributed by atoms with E-state index in [4.69, 9.17) is 25.9 Å². The Bertz CT molecular complexity index is 1450. The molecule has 3 aromatic rings. The van der Waals surface area contributed by atoms with Crippen LogP contribution in [0.4, 0.5) is 14.6 Å². The summed E-state index contributed by atoms with van der Waals surface area (Å²) in [5.41, 5.74) is 0.373. The van der Waals surface area contributed by atoms with Gasteiger partial charge in [-0.05, 0) is 48.2 Å². The summed E-state index contributed by atoms with van der Waals surface area (Å²) in [7, 11) is -9.69. The molecule has 220 valence electrons. The molecular weight excluding hydrogens is 598 g/mol. The van der Waals surface area contributed by atoms with E-state index in [-0.39, 0.29) is 40.2 Å². The van der Waals surface area contributed by atoms with E-state index in [1.165, 1.54) is 24.4 Å². The Morgan fingerprint density at radius 3 is 2.45 bits per heavy atom. The summed E-state index contributed by atoms with van der Waals surface area (Å²) in [4.78, 5) is 35.7. The third-order valence-electron chi connectivity index (χ3n) is 5.63. The number of aliphatic hydroxyl groups excluding tert-OH is 2. The average Bonchev–Trinajstić information content (AvgIpc) is 3.28. The van der Waals surface area contributed by atoms with Gasteiger partial charge in [-0.1, -0.05) is 25.1 Å². The molecule has 13 nitrogen and oxygen atoms in total. The van der Waals surface area contributed by atoms with Crippen LogP contribution in [0, 0.1) is 5.82 Å². The van der Waals surface area contributed by atoms with Crippen molar-refractivity contribution >= 4 is 43.6 Å². The SMILES string of the molecule is CC/C=C(/COP(=O)(O)CP(=O)(O)O)[C@@H](O)[C@H](F)[C@@H](O)n1ncc2c(N[C@H](C)c3ccc(F)cc3)nc(Cl)nc21. The number of halogens is 3. The second kappa shape index (κ2) is 13.1. The highest BCUT2D eigenvalue weighted by atomic mass is 35.5. The molecule has 0 aliphatic heterocycles. The predicted molar refractivity (Wildman–Crippen MR) is 142 cm³/mol. The summed E-state index contributed by atoms with van der Waals surface area (Å²) in [5, 5.41) is 28.4. The molecule has 0 bridgehead atoms. The number of nitrogens with zero attached hydrogens (tertiary/aromatic N) is 4. The molecule has 0 aliphatic carbocycles. The van der Waals surface area contributed by atoms with E-state index in [1.54, 1.807) is 26.0 Å². The van der Waals surface area contributed by atoms with Gasteiger partial charge < -0.3 is 34.7 Å². The van der Waals surface area contributed by atoms with Crippen molar-refractivity contribution in [3.05, 3.63) is 58.8 Å². The monoisotopic (exact) mass is 625 g/mol. The van der Waals surface area contributed by atoms with Crippen molar-refractivity contribution < 1.29 is 47.3 Å². The molecule has 0 radical (unpaired) electrons. The van der Waals surface area contributed by atoms with Crippen LogP contribution in [0.25, 0.3) is 11.0 Å². The Morgan fingerprint density at radius 2 is 1.85 bits per heavy atom. The van der Waals surface area contributed by atoms with Crippen LogP contribution in [-0.2, 0) is 13.7 Å². The number of rotatable bonds is 13. The molecule has 0 amide bonds. The standard InChI is InChI=1S/C22H28ClF2N5O8P2/c1-3-4-14(10-38-40(36,37)11-39(33,34)35)18(31)17(25)21(32)30-20-16(9-26-30)19(28-22(23)29-20)27-12(2)13-5-7-15(24)8-6-13/h4-9,12,17-18,21,31-32H,3,10-11H2,1-2H3,(H,36,37)(H,27,28,29)(H2,33,34,35)/b14-4-/t12-,17+,18-,21-/m1/s1. The molecule has 0 saturated heterocycles. The maximum absolute atomic E-state index is 15.4. The highest BCUT2D eigenvalue weighted by Gasteiger charge is 2.35. The van der Waals surface area contributed by atoms with Crippen molar-refractivity contribution in [2.75, 3.05) is 17.8 Å². The molecule has 18 heteroatoms. The first-order chi connectivity index (χ1) is 18.6. The molecule has 0 fully saturated rings. The van der Waals surface area contributed by atoms with Gasteiger partial charge in [0.1, 0.15) is 17.7 Å². The Labute approximate surface area is 232 Å². The lowest BCUT2D eigenvalue weighted by Gasteiger charge is -2.24. The van der Waals surface area contributed by atoms with Crippen LogP contribution in [0.1, 0.15) is 38.1 Å². The molecule has 0 saturated carbocycles. The molecule has 3 rings (SSSR count). The van der Waals surface area contributed by atoms with Crippen molar-refractivity contribution in [2.24, 2.45) is 0 Å². The van der Waals surface area contributed by atoms with Gasteiger partial charge in [-0.2, -0.15) is 15.1 Å². The van der Waals surface area contributed by atoms with Gasteiger partial charge in [0.15, 0.2) is 23.9 Å². The summed E-state index contributed by atoms with van der Waals surface area (Å²) >= 11 is 6.06. The van der Waals surface area contributed by atoms with Crippen molar-refractivity contribution in [3.8, 4) is 0 Å². The Hall–Kier alpha value is -2.32. The topological polar surface area (TPSA) is 200 Å². The van der Waals surface area contributed by atoms with E-state index in [0.29, 0.717) is 5.56 Å². The first-order valence-corrected chi connectivity index (χ1v) is 15.7. The van der Waals surface area contributed by atoms with Crippen molar-refractivity contribution in [1.29, 1.82) is 0 Å². The third-order valence-corrected chi connectivity index (χ3v) is 9.23. The highest BCUT2D eigenvalue weighted by molar-refractivity contribution is 7.70. The summed E-state index contributed by atoms with van der Waals surface area (Å²) in [5.74, 6) is -1.69. The van der Waals surface area contributed by atoms with Gasteiger partial charge in [0.2, 0.25) is 5.28 Å². The van der Waals surface area contributed by atoms with Crippen LogP contribution in [0.5, 0.6) is 0 Å². The smallest absolute Gasteiger partial charge is 0.340 e.